The van der Waals surface area contributed by atoms with Gasteiger partial charge in [-0.3, -0.25) is 10.1 Å². The fourth-order valence-electron chi connectivity index (χ4n) is 2.99. The number of benzene rings is 2. The highest BCUT2D eigenvalue weighted by Crippen LogP contribution is 2.26. The minimum Gasteiger partial charge on any atom is -0.497 e. The van der Waals surface area contributed by atoms with Gasteiger partial charge in [-0.1, -0.05) is 11.6 Å². The van der Waals surface area contributed by atoms with E-state index in [1.807, 2.05) is 12.1 Å². The van der Waals surface area contributed by atoms with Crippen molar-refractivity contribution in [3.8, 4) is 23.0 Å². The fraction of sp³-hybridized carbons (Fsp3) is 0.150. The van der Waals surface area contributed by atoms with Crippen LogP contribution in [-0.4, -0.2) is 53.4 Å². The summed E-state index contributed by atoms with van der Waals surface area (Å²) in [7, 11) is -2.52. The lowest BCUT2D eigenvalue weighted by Gasteiger charge is -2.09. The lowest BCUT2D eigenvalue weighted by Crippen LogP contribution is -2.28. The number of nitrogens with zero attached hydrogens (tertiary/aromatic N) is 5. The Hall–Kier alpha value is -3.81. The lowest BCUT2D eigenvalue weighted by molar-refractivity contribution is -0.385. The molecule has 14 heteroatoms. The molecule has 34 heavy (non-hydrogen) atoms. The first-order chi connectivity index (χ1) is 16.3. The Bertz CT molecular complexity index is 1460. The third-order valence-electron chi connectivity index (χ3n) is 4.65. The van der Waals surface area contributed by atoms with E-state index in [9.17, 15) is 18.5 Å². The fourth-order valence-corrected chi connectivity index (χ4v) is 4.52. The van der Waals surface area contributed by atoms with Gasteiger partial charge in [-0.15, -0.1) is 15.3 Å². The van der Waals surface area contributed by atoms with Crippen molar-refractivity contribution in [3.63, 3.8) is 0 Å². The van der Waals surface area contributed by atoms with Gasteiger partial charge in [-0.25, -0.2) is 13.1 Å². The molecule has 4 rings (SSSR count). The molecule has 2 aromatic heterocycles. The van der Waals surface area contributed by atoms with E-state index in [1.54, 1.807) is 31.4 Å². The van der Waals surface area contributed by atoms with E-state index in [4.69, 9.17) is 21.1 Å². The Morgan fingerprint density at radius 3 is 2.59 bits per heavy atom. The van der Waals surface area contributed by atoms with Crippen LogP contribution in [0.25, 0.3) is 17.0 Å². The number of hydrogen-bond acceptors (Lipinski definition) is 9. The summed E-state index contributed by atoms with van der Waals surface area (Å²) in [5.74, 6) is 1.40. The number of hydrogen-bond donors (Lipinski definition) is 1. The maximum Gasteiger partial charge on any atom is 0.270 e. The van der Waals surface area contributed by atoms with Gasteiger partial charge in [0.25, 0.3) is 5.69 Å². The molecule has 0 saturated carbocycles. The van der Waals surface area contributed by atoms with Gasteiger partial charge in [0.05, 0.1) is 17.1 Å². The molecule has 4 aromatic rings. The van der Waals surface area contributed by atoms with Crippen LogP contribution < -0.4 is 14.2 Å². The molecule has 0 aliphatic carbocycles. The second kappa shape index (κ2) is 9.59. The lowest BCUT2D eigenvalue weighted by atomic mass is 10.2. The van der Waals surface area contributed by atoms with Crippen molar-refractivity contribution in [3.05, 3.63) is 69.7 Å². The van der Waals surface area contributed by atoms with Crippen molar-refractivity contribution >= 4 is 33.0 Å². The third-order valence-corrected chi connectivity index (χ3v) is 6.59. The second-order valence-corrected chi connectivity index (χ2v) is 8.95. The number of rotatable bonds is 9. The van der Waals surface area contributed by atoms with Gasteiger partial charge in [0.1, 0.15) is 17.3 Å². The number of nitro groups is 1. The number of non-ortho nitro benzene ring substituents is 1. The summed E-state index contributed by atoms with van der Waals surface area (Å²) in [6.07, 6.45) is 0. The molecule has 0 saturated heterocycles. The number of aromatic nitrogens is 4. The van der Waals surface area contributed by atoms with Crippen LogP contribution in [0.3, 0.4) is 0 Å². The molecule has 176 valence electrons. The van der Waals surface area contributed by atoms with E-state index in [-0.39, 0.29) is 29.7 Å². The van der Waals surface area contributed by atoms with Gasteiger partial charge in [-0.05, 0) is 36.4 Å². The maximum absolute atomic E-state index is 12.5. The van der Waals surface area contributed by atoms with Crippen LogP contribution in [0.2, 0.25) is 5.02 Å². The molecular formula is C20H17ClN6O6S. The van der Waals surface area contributed by atoms with Crippen molar-refractivity contribution in [1.29, 1.82) is 0 Å². The molecule has 12 nitrogen and oxygen atoms in total. The summed E-state index contributed by atoms with van der Waals surface area (Å²) in [5.41, 5.74) is 0.874. The van der Waals surface area contributed by atoms with Crippen LogP contribution in [0, 0.1) is 10.1 Å². The minimum absolute atomic E-state index is 0.0652. The summed E-state index contributed by atoms with van der Waals surface area (Å²) in [6, 6.07) is 13.6. The zero-order valence-electron chi connectivity index (χ0n) is 17.6. The van der Waals surface area contributed by atoms with Gasteiger partial charge in [0.2, 0.25) is 15.9 Å². The monoisotopic (exact) mass is 504 g/mol. The van der Waals surface area contributed by atoms with E-state index in [0.29, 0.717) is 17.2 Å². The smallest absolute Gasteiger partial charge is 0.270 e. The molecule has 0 amide bonds. The number of nitrogens with one attached hydrogen (secondary N) is 1. The first-order valence-corrected chi connectivity index (χ1v) is 11.6. The van der Waals surface area contributed by atoms with E-state index >= 15 is 0 Å². The van der Waals surface area contributed by atoms with Crippen molar-refractivity contribution in [2.24, 2.45) is 0 Å². The third kappa shape index (κ3) is 4.90. The van der Waals surface area contributed by atoms with Gasteiger partial charge >= 0.3 is 0 Å². The number of halogens is 1. The predicted octanol–water partition coefficient (Wildman–Crippen LogP) is 2.72. The highest BCUT2D eigenvalue weighted by molar-refractivity contribution is 7.89. The Labute approximate surface area is 198 Å². The van der Waals surface area contributed by atoms with Crippen molar-refractivity contribution in [2.75, 3.05) is 20.3 Å². The van der Waals surface area contributed by atoms with Crippen LogP contribution in [0.15, 0.2) is 59.5 Å². The summed E-state index contributed by atoms with van der Waals surface area (Å²) in [5, 5.41) is 23.4. The average Bonchev–Trinajstić information content (AvgIpc) is 3.25. The van der Waals surface area contributed by atoms with Crippen molar-refractivity contribution in [1.82, 2.24) is 24.5 Å². The predicted molar refractivity (Wildman–Crippen MR) is 122 cm³/mol. The molecule has 1 N–H and O–H groups in total. The molecular weight excluding hydrogens is 488 g/mol. The first kappa shape index (κ1) is 23.4. The number of fused-ring (bicyclic) bond motifs is 1. The maximum atomic E-state index is 12.5. The topological polar surface area (TPSA) is 151 Å². The van der Waals surface area contributed by atoms with Gasteiger partial charge in [0.15, 0.2) is 11.5 Å². The zero-order valence-corrected chi connectivity index (χ0v) is 19.2. The standard InChI is InChI=1S/C20H17ClN6O6S/c1-32-15-5-2-13(3-6-15)20-24-23-18-8-9-19(25-26(18)20)33-11-10-22-34(30,31)17-12-14(27(28)29)4-7-16(17)21/h2-9,12,22H,10-11H2,1H3. The Balaban J connectivity index is 1.44. The first-order valence-electron chi connectivity index (χ1n) is 9.72. The molecule has 0 unspecified atom stereocenters. The van der Waals surface area contributed by atoms with Crippen LogP contribution in [0.4, 0.5) is 5.69 Å². The Morgan fingerprint density at radius 1 is 1.12 bits per heavy atom. The Kier molecular flexibility index (Phi) is 6.58. The van der Waals surface area contributed by atoms with Crippen LogP contribution in [-0.2, 0) is 10.0 Å². The van der Waals surface area contributed by atoms with E-state index < -0.39 is 19.8 Å². The van der Waals surface area contributed by atoms with Crippen LogP contribution in [0.5, 0.6) is 11.6 Å². The SMILES string of the molecule is COc1ccc(-c2nnc3ccc(OCCNS(=O)(=O)c4cc([N+](=O)[O-])ccc4Cl)nn23)cc1. The molecule has 0 aliphatic rings. The molecule has 2 heterocycles. The normalized spacial score (nSPS) is 11.5. The van der Waals surface area contributed by atoms with Crippen molar-refractivity contribution < 1.29 is 22.8 Å². The largest absolute Gasteiger partial charge is 0.497 e. The molecule has 0 spiro atoms. The summed E-state index contributed by atoms with van der Waals surface area (Å²) in [4.78, 5) is 9.83. The molecule has 0 fully saturated rings. The van der Waals surface area contributed by atoms with Crippen molar-refractivity contribution in [2.45, 2.75) is 4.90 Å². The molecule has 0 bridgehead atoms. The highest BCUT2D eigenvalue weighted by atomic mass is 35.5. The number of methoxy groups -OCH3 is 1. The minimum atomic E-state index is -4.10. The Morgan fingerprint density at radius 2 is 1.88 bits per heavy atom. The molecule has 0 aliphatic heterocycles. The molecule has 0 atom stereocenters. The summed E-state index contributed by atoms with van der Waals surface area (Å²) >= 11 is 5.92. The quantitative estimate of drug-likeness (QED) is 0.206. The molecule has 0 radical (unpaired) electrons. The van der Waals surface area contributed by atoms with Crippen LogP contribution in [0.1, 0.15) is 0 Å². The summed E-state index contributed by atoms with van der Waals surface area (Å²) < 4.78 is 39.5. The number of ether oxygens (including phenoxy) is 2. The average molecular weight is 505 g/mol. The van der Waals surface area contributed by atoms with E-state index in [0.717, 1.165) is 23.8 Å². The molecule has 2 aromatic carbocycles. The summed E-state index contributed by atoms with van der Waals surface area (Å²) in [6.45, 7) is -0.196. The van der Waals surface area contributed by atoms with Gasteiger partial charge in [0, 0.05) is 30.3 Å². The second-order valence-electron chi connectivity index (χ2n) is 6.81. The van der Waals surface area contributed by atoms with Gasteiger partial charge < -0.3 is 9.47 Å². The number of nitro benzene ring substituents is 1. The van der Waals surface area contributed by atoms with Crippen LogP contribution >= 0.6 is 11.6 Å². The number of sulfonamides is 1. The highest BCUT2D eigenvalue weighted by Gasteiger charge is 2.21. The van der Waals surface area contributed by atoms with Gasteiger partial charge in [-0.2, -0.15) is 4.52 Å². The zero-order chi connectivity index (χ0) is 24.3. The van der Waals surface area contributed by atoms with E-state index in [1.165, 1.54) is 4.52 Å². The van der Waals surface area contributed by atoms with E-state index in [2.05, 4.69) is 20.0 Å².